The number of carbonyl (C=O) groups is 1. The van der Waals surface area contributed by atoms with Crippen molar-refractivity contribution in [1.29, 1.82) is 0 Å². The van der Waals surface area contributed by atoms with Crippen molar-refractivity contribution >= 4 is 17.1 Å². The third-order valence-electron chi connectivity index (χ3n) is 6.51. The van der Waals surface area contributed by atoms with Crippen LogP contribution >= 0.6 is 11.3 Å². The average molecular weight is 393 g/mol. The molecule has 2 atom stereocenters. The van der Waals surface area contributed by atoms with Crippen LogP contribution in [-0.2, 0) is 16.0 Å². The molecular formula is C21H32N2O3S. The number of ketones is 1. The van der Waals surface area contributed by atoms with Gasteiger partial charge in [-0.15, -0.1) is 11.3 Å². The molecule has 2 aliphatic heterocycles. The number of nitrogens with zero attached hydrogens (tertiary/aromatic N) is 2. The second-order valence-corrected chi connectivity index (χ2v) is 9.50. The van der Waals surface area contributed by atoms with Gasteiger partial charge in [0.1, 0.15) is 5.01 Å². The maximum Gasteiger partial charge on any atom is 0.156 e. The normalized spacial score (nSPS) is 28.6. The first-order valence-electron chi connectivity index (χ1n) is 10.7. The van der Waals surface area contributed by atoms with Crippen molar-refractivity contribution in [2.45, 2.75) is 75.9 Å². The van der Waals surface area contributed by atoms with Crippen molar-refractivity contribution in [3.05, 3.63) is 16.1 Å². The van der Waals surface area contributed by atoms with Crippen molar-refractivity contribution in [2.75, 3.05) is 26.3 Å². The van der Waals surface area contributed by atoms with Crippen LogP contribution in [0.2, 0.25) is 0 Å². The fourth-order valence-electron chi connectivity index (χ4n) is 4.94. The van der Waals surface area contributed by atoms with Gasteiger partial charge in [-0.1, -0.05) is 19.3 Å². The minimum absolute atomic E-state index is 0.148. The number of Topliss-reactive ketones (excluding diaryl/α,β-unsaturated/α-hetero) is 1. The number of hydrogen-bond acceptors (Lipinski definition) is 6. The fraction of sp³-hybridized carbons (Fsp3) is 0.810. The molecule has 3 heterocycles. The predicted octanol–water partition coefficient (Wildman–Crippen LogP) is 3.16. The maximum atomic E-state index is 13.0. The molecule has 1 aromatic rings. The molecule has 0 bridgehead atoms. The highest BCUT2D eigenvalue weighted by Gasteiger charge is 2.37. The molecule has 27 heavy (non-hydrogen) atoms. The van der Waals surface area contributed by atoms with E-state index in [4.69, 9.17) is 9.72 Å². The first-order chi connectivity index (χ1) is 13.2. The van der Waals surface area contributed by atoms with Crippen LogP contribution in [0, 0.1) is 5.92 Å². The van der Waals surface area contributed by atoms with Gasteiger partial charge < -0.3 is 9.84 Å². The lowest BCUT2D eigenvalue weighted by Gasteiger charge is -2.30. The summed E-state index contributed by atoms with van der Waals surface area (Å²) in [5.74, 6) is 1.40. The highest BCUT2D eigenvalue weighted by molar-refractivity contribution is 7.09. The Kier molecular flexibility index (Phi) is 6.58. The van der Waals surface area contributed by atoms with Gasteiger partial charge in [0, 0.05) is 37.6 Å². The Hall–Kier alpha value is -0.820. The highest BCUT2D eigenvalue weighted by Crippen LogP contribution is 2.33. The minimum Gasteiger partial charge on any atom is -0.392 e. The molecule has 0 unspecified atom stereocenters. The number of aromatic nitrogens is 1. The van der Waals surface area contributed by atoms with Crippen molar-refractivity contribution in [3.63, 3.8) is 0 Å². The molecule has 5 nitrogen and oxygen atoms in total. The van der Waals surface area contributed by atoms with E-state index in [-0.39, 0.29) is 17.9 Å². The molecule has 6 heteroatoms. The topological polar surface area (TPSA) is 62.7 Å². The van der Waals surface area contributed by atoms with Gasteiger partial charge in [-0.05, 0) is 38.0 Å². The zero-order valence-corrected chi connectivity index (χ0v) is 17.0. The van der Waals surface area contributed by atoms with Crippen LogP contribution in [0.5, 0.6) is 0 Å². The molecule has 0 aromatic carbocycles. The zero-order valence-electron chi connectivity index (χ0n) is 16.1. The summed E-state index contributed by atoms with van der Waals surface area (Å²) in [6, 6.07) is -0.148. The summed E-state index contributed by atoms with van der Waals surface area (Å²) in [6.45, 7) is 3.17. The average Bonchev–Trinajstić information content (AvgIpc) is 3.30. The summed E-state index contributed by atoms with van der Waals surface area (Å²) in [5.41, 5.74) is 1.20. The number of β-amino-alcohol motifs (C(OH)–C–C–N with tert-alkyl or cyclic N) is 1. The van der Waals surface area contributed by atoms with E-state index < -0.39 is 0 Å². The number of ether oxygens (including phenoxy) is 1. The molecule has 3 aliphatic rings. The SMILES string of the molecule is O=C(Cc1nc(C2CCCCC2)cs1)[C@@H]1C[C@@H](O)CN1CC1CCOCC1. The van der Waals surface area contributed by atoms with E-state index in [2.05, 4.69) is 10.3 Å². The van der Waals surface area contributed by atoms with Crippen LogP contribution < -0.4 is 0 Å². The number of likely N-dealkylation sites (tertiary alicyclic amines) is 1. The largest absolute Gasteiger partial charge is 0.392 e. The lowest BCUT2D eigenvalue weighted by molar-refractivity contribution is -0.123. The fourth-order valence-corrected chi connectivity index (χ4v) is 5.82. The molecule has 1 aromatic heterocycles. The lowest BCUT2D eigenvalue weighted by Crippen LogP contribution is -2.41. The third-order valence-corrected chi connectivity index (χ3v) is 7.37. The molecule has 4 rings (SSSR count). The molecule has 0 spiro atoms. The van der Waals surface area contributed by atoms with Crippen LogP contribution in [0.3, 0.4) is 0 Å². The Bertz CT molecular complexity index is 623. The molecule has 1 N–H and O–H groups in total. The maximum absolute atomic E-state index is 13.0. The minimum atomic E-state index is -0.382. The standard InChI is InChI=1S/C21H32N2O3S/c24-17-10-19(23(13-17)12-15-6-8-26-9-7-15)20(25)11-21-22-18(14-27-21)16-4-2-1-3-5-16/h14-17,19,24H,1-13H2/t17-,19+/m1/s1. The molecular weight excluding hydrogens is 360 g/mol. The van der Waals surface area contributed by atoms with Gasteiger partial charge in [0.15, 0.2) is 5.78 Å². The molecule has 150 valence electrons. The smallest absolute Gasteiger partial charge is 0.156 e. The van der Waals surface area contributed by atoms with Crippen molar-refractivity contribution in [2.24, 2.45) is 5.92 Å². The van der Waals surface area contributed by atoms with Crippen LogP contribution in [0.25, 0.3) is 0 Å². The molecule has 0 amide bonds. The van der Waals surface area contributed by atoms with Crippen molar-refractivity contribution in [1.82, 2.24) is 9.88 Å². The Labute approximate surface area is 166 Å². The number of aliphatic hydroxyl groups is 1. The van der Waals surface area contributed by atoms with Gasteiger partial charge in [-0.25, -0.2) is 4.98 Å². The summed E-state index contributed by atoms with van der Waals surface area (Å²) in [7, 11) is 0. The Morgan fingerprint density at radius 2 is 2.00 bits per heavy atom. The quantitative estimate of drug-likeness (QED) is 0.806. The number of thiazole rings is 1. The van der Waals surface area contributed by atoms with Gasteiger partial charge in [0.05, 0.1) is 24.3 Å². The summed E-state index contributed by atoms with van der Waals surface area (Å²) >= 11 is 1.64. The van der Waals surface area contributed by atoms with Crippen LogP contribution in [0.4, 0.5) is 0 Å². The number of rotatable bonds is 6. The van der Waals surface area contributed by atoms with Gasteiger partial charge in [0.2, 0.25) is 0 Å². The van der Waals surface area contributed by atoms with Crippen LogP contribution in [0.1, 0.15) is 68.0 Å². The highest BCUT2D eigenvalue weighted by atomic mass is 32.1. The van der Waals surface area contributed by atoms with E-state index in [1.807, 2.05) is 0 Å². The second kappa shape index (κ2) is 9.12. The second-order valence-electron chi connectivity index (χ2n) is 8.56. The summed E-state index contributed by atoms with van der Waals surface area (Å²) in [5, 5.41) is 13.3. The number of aliphatic hydroxyl groups excluding tert-OH is 1. The van der Waals surface area contributed by atoms with Gasteiger partial charge in [0.25, 0.3) is 0 Å². The predicted molar refractivity (Wildman–Crippen MR) is 106 cm³/mol. The summed E-state index contributed by atoms with van der Waals surface area (Å²) < 4.78 is 5.45. The zero-order chi connectivity index (χ0) is 18.6. The number of carbonyl (C=O) groups excluding carboxylic acids is 1. The molecule has 0 radical (unpaired) electrons. The lowest BCUT2D eigenvalue weighted by atomic mass is 9.87. The van der Waals surface area contributed by atoms with Gasteiger partial charge in [-0.3, -0.25) is 9.69 Å². The van der Waals surface area contributed by atoms with Crippen molar-refractivity contribution < 1.29 is 14.6 Å². The summed E-state index contributed by atoms with van der Waals surface area (Å²) in [4.78, 5) is 20.0. The number of hydrogen-bond donors (Lipinski definition) is 1. The van der Waals surface area contributed by atoms with Crippen LogP contribution in [-0.4, -0.2) is 59.2 Å². The molecule has 2 saturated heterocycles. The summed E-state index contributed by atoms with van der Waals surface area (Å²) in [6.07, 6.45) is 9.16. The Balaban J connectivity index is 1.35. The van der Waals surface area contributed by atoms with Crippen LogP contribution in [0.15, 0.2) is 5.38 Å². The van der Waals surface area contributed by atoms with E-state index in [0.29, 0.717) is 31.2 Å². The Morgan fingerprint density at radius 1 is 1.22 bits per heavy atom. The van der Waals surface area contributed by atoms with Gasteiger partial charge >= 0.3 is 0 Å². The molecule has 1 saturated carbocycles. The van der Waals surface area contributed by atoms with E-state index in [0.717, 1.165) is 37.6 Å². The van der Waals surface area contributed by atoms with E-state index >= 15 is 0 Å². The molecule has 1 aliphatic carbocycles. The third kappa shape index (κ3) is 4.97. The monoisotopic (exact) mass is 392 g/mol. The first-order valence-corrected chi connectivity index (χ1v) is 11.5. The first kappa shape index (κ1) is 19.5. The molecule has 3 fully saturated rings. The van der Waals surface area contributed by atoms with E-state index in [1.165, 1.54) is 37.8 Å². The van der Waals surface area contributed by atoms with Gasteiger partial charge in [-0.2, -0.15) is 0 Å². The Morgan fingerprint density at radius 3 is 2.78 bits per heavy atom. The van der Waals surface area contributed by atoms with Crippen molar-refractivity contribution in [3.8, 4) is 0 Å². The van der Waals surface area contributed by atoms with E-state index in [9.17, 15) is 9.90 Å². The van der Waals surface area contributed by atoms with E-state index in [1.54, 1.807) is 11.3 Å².